The Kier molecular flexibility index (Phi) is 3.75. The van der Waals surface area contributed by atoms with E-state index in [1.807, 2.05) is 50.9 Å². The van der Waals surface area contributed by atoms with Crippen LogP contribution in [0.1, 0.15) is 24.2 Å². The molecule has 2 nitrogen and oxygen atoms in total. The number of benzene rings is 1. The zero-order valence-electron chi connectivity index (χ0n) is 9.08. The van der Waals surface area contributed by atoms with Crippen molar-refractivity contribution in [2.75, 3.05) is 13.1 Å². The first-order chi connectivity index (χ1) is 6.69. The minimum Gasteiger partial charge on any atom is -0.339 e. The number of rotatable bonds is 3. The molecular formula is C11H16BNO. The van der Waals surface area contributed by atoms with Crippen molar-refractivity contribution in [3.63, 3.8) is 0 Å². The summed E-state index contributed by atoms with van der Waals surface area (Å²) >= 11 is 0. The van der Waals surface area contributed by atoms with Gasteiger partial charge >= 0.3 is 0 Å². The largest absolute Gasteiger partial charge is 0.339 e. The van der Waals surface area contributed by atoms with E-state index in [-0.39, 0.29) is 5.91 Å². The van der Waals surface area contributed by atoms with Gasteiger partial charge in [0, 0.05) is 18.7 Å². The van der Waals surface area contributed by atoms with Crippen molar-refractivity contribution in [1.82, 2.24) is 4.90 Å². The lowest BCUT2D eigenvalue weighted by atomic mass is 9.94. The second kappa shape index (κ2) is 4.84. The SMILES string of the molecule is Bc1cccc(C(=O)N(CC)CC)c1. The number of carbonyl (C=O) groups is 1. The molecule has 0 saturated carbocycles. The predicted octanol–water partition coefficient (Wildman–Crippen LogP) is 0.427. The van der Waals surface area contributed by atoms with Gasteiger partial charge in [0.05, 0.1) is 0 Å². The molecule has 0 N–H and O–H groups in total. The first-order valence-corrected chi connectivity index (χ1v) is 5.05. The molecule has 1 aromatic carbocycles. The smallest absolute Gasteiger partial charge is 0.253 e. The average Bonchev–Trinajstić information content (AvgIpc) is 2.19. The fourth-order valence-electron chi connectivity index (χ4n) is 1.47. The highest BCUT2D eigenvalue weighted by atomic mass is 16.2. The monoisotopic (exact) mass is 189 g/mol. The van der Waals surface area contributed by atoms with Crippen molar-refractivity contribution >= 4 is 19.2 Å². The van der Waals surface area contributed by atoms with Crippen LogP contribution in [0.2, 0.25) is 0 Å². The van der Waals surface area contributed by atoms with Crippen LogP contribution in [0.25, 0.3) is 0 Å². The van der Waals surface area contributed by atoms with E-state index >= 15 is 0 Å². The fourth-order valence-corrected chi connectivity index (χ4v) is 1.47. The van der Waals surface area contributed by atoms with Crippen LogP contribution in [0.3, 0.4) is 0 Å². The van der Waals surface area contributed by atoms with Crippen LogP contribution in [-0.2, 0) is 0 Å². The molecule has 0 saturated heterocycles. The number of hydrogen-bond acceptors (Lipinski definition) is 1. The Labute approximate surface area is 86.3 Å². The molecule has 0 heterocycles. The van der Waals surface area contributed by atoms with Gasteiger partial charge in [-0.25, -0.2) is 0 Å². The third-order valence-corrected chi connectivity index (χ3v) is 2.32. The first kappa shape index (κ1) is 10.8. The van der Waals surface area contributed by atoms with Gasteiger partial charge in [0.15, 0.2) is 0 Å². The van der Waals surface area contributed by atoms with Crippen LogP contribution < -0.4 is 5.46 Å². The van der Waals surface area contributed by atoms with Crippen LogP contribution in [0.15, 0.2) is 24.3 Å². The maximum Gasteiger partial charge on any atom is 0.253 e. The molecule has 1 amide bonds. The third-order valence-electron chi connectivity index (χ3n) is 2.32. The molecule has 1 rings (SSSR count). The van der Waals surface area contributed by atoms with E-state index in [0.29, 0.717) is 0 Å². The Bertz CT molecular complexity index is 321. The molecular weight excluding hydrogens is 173 g/mol. The Morgan fingerprint density at radius 3 is 2.50 bits per heavy atom. The minimum absolute atomic E-state index is 0.124. The summed E-state index contributed by atoms with van der Waals surface area (Å²) in [5, 5.41) is 0. The molecule has 0 bridgehead atoms. The molecule has 0 atom stereocenters. The average molecular weight is 189 g/mol. The summed E-state index contributed by atoms with van der Waals surface area (Å²) < 4.78 is 0. The van der Waals surface area contributed by atoms with E-state index in [2.05, 4.69) is 0 Å². The van der Waals surface area contributed by atoms with Gasteiger partial charge in [0.25, 0.3) is 5.91 Å². The van der Waals surface area contributed by atoms with Gasteiger partial charge in [0.2, 0.25) is 0 Å². The summed E-state index contributed by atoms with van der Waals surface area (Å²) in [6, 6.07) is 7.72. The molecule has 0 unspecified atom stereocenters. The van der Waals surface area contributed by atoms with E-state index in [4.69, 9.17) is 0 Å². The van der Waals surface area contributed by atoms with Gasteiger partial charge in [-0.2, -0.15) is 0 Å². The molecule has 0 radical (unpaired) electrons. The third kappa shape index (κ3) is 2.38. The second-order valence-electron chi connectivity index (χ2n) is 3.35. The summed E-state index contributed by atoms with van der Waals surface area (Å²) in [5.74, 6) is 0.124. The molecule has 3 heteroatoms. The molecule has 74 valence electrons. The summed E-state index contributed by atoms with van der Waals surface area (Å²) in [4.78, 5) is 13.7. The summed E-state index contributed by atoms with van der Waals surface area (Å²) in [6.45, 7) is 5.53. The Hall–Kier alpha value is -1.25. The van der Waals surface area contributed by atoms with Crippen LogP contribution in [0, 0.1) is 0 Å². The van der Waals surface area contributed by atoms with Crippen molar-refractivity contribution in [3.8, 4) is 0 Å². The Morgan fingerprint density at radius 1 is 1.36 bits per heavy atom. The molecule has 0 aliphatic rings. The van der Waals surface area contributed by atoms with Crippen LogP contribution >= 0.6 is 0 Å². The van der Waals surface area contributed by atoms with E-state index in [9.17, 15) is 4.79 Å². The summed E-state index contributed by atoms with van der Waals surface area (Å²) in [5.41, 5.74) is 1.91. The predicted molar refractivity (Wildman–Crippen MR) is 61.9 cm³/mol. The zero-order chi connectivity index (χ0) is 10.6. The van der Waals surface area contributed by atoms with Crippen molar-refractivity contribution in [2.24, 2.45) is 0 Å². The first-order valence-electron chi connectivity index (χ1n) is 5.05. The number of amides is 1. The van der Waals surface area contributed by atoms with Crippen LogP contribution in [0.5, 0.6) is 0 Å². The van der Waals surface area contributed by atoms with Gasteiger partial charge in [-0.15, -0.1) is 0 Å². The van der Waals surface area contributed by atoms with Gasteiger partial charge in [-0.3, -0.25) is 4.79 Å². The topological polar surface area (TPSA) is 20.3 Å². The van der Waals surface area contributed by atoms with Gasteiger partial charge in [0.1, 0.15) is 7.85 Å². The molecule has 1 aromatic rings. The normalized spacial score (nSPS) is 9.86. The highest BCUT2D eigenvalue weighted by Gasteiger charge is 2.11. The maximum absolute atomic E-state index is 11.9. The molecule has 0 aliphatic heterocycles. The number of nitrogens with zero attached hydrogens (tertiary/aromatic N) is 1. The fraction of sp³-hybridized carbons (Fsp3) is 0.364. The molecule has 0 aromatic heterocycles. The van der Waals surface area contributed by atoms with Gasteiger partial charge < -0.3 is 4.90 Å². The lowest BCUT2D eigenvalue weighted by Crippen LogP contribution is -2.30. The number of carbonyl (C=O) groups excluding carboxylic acids is 1. The van der Waals surface area contributed by atoms with E-state index in [1.54, 1.807) is 0 Å². The lowest BCUT2D eigenvalue weighted by molar-refractivity contribution is 0.0773. The molecule has 0 aliphatic carbocycles. The molecule has 14 heavy (non-hydrogen) atoms. The maximum atomic E-state index is 11.9. The standard InChI is InChI=1S/C11H16BNO/c1-3-13(4-2)11(14)9-6-5-7-10(12)8-9/h5-8H,3-4,12H2,1-2H3. The Morgan fingerprint density at radius 2 is 2.00 bits per heavy atom. The molecule has 0 spiro atoms. The van der Waals surface area contributed by atoms with Crippen molar-refractivity contribution in [3.05, 3.63) is 29.8 Å². The van der Waals surface area contributed by atoms with E-state index < -0.39 is 0 Å². The quantitative estimate of drug-likeness (QED) is 0.631. The van der Waals surface area contributed by atoms with Gasteiger partial charge in [-0.05, 0) is 19.9 Å². The summed E-state index contributed by atoms with van der Waals surface area (Å²) in [7, 11) is 2.00. The van der Waals surface area contributed by atoms with E-state index in [1.165, 1.54) is 0 Å². The van der Waals surface area contributed by atoms with Crippen LogP contribution in [0.4, 0.5) is 0 Å². The minimum atomic E-state index is 0.124. The van der Waals surface area contributed by atoms with E-state index in [0.717, 1.165) is 24.1 Å². The van der Waals surface area contributed by atoms with Gasteiger partial charge in [-0.1, -0.05) is 23.7 Å². The highest BCUT2D eigenvalue weighted by molar-refractivity contribution is 6.32. The molecule has 0 fully saturated rings. The van der Waals surface area contributed by atoms with Crippen LogP contribution in [-0.4, -0.2) is 31.7 Å². The van der Waals surface area contributed by atoms with Crippen molar-refractivity contribution in [2.45, 2.75) is 13.8 Å². The van der Waals surface area contributed by atoms with Crippen molar-refractivity contribution in [1.29, 1.82) is 0 Å². The lowest BCUT2D eigenvalue weighted by Gasteiger charge is -2.18. The second-order valence-corrected chi connectivity index (χ2v) is 3.35. The van der Waals surface area contributed by atoms with Crippen molar-refractivity contribution < 1.29 is 4.79 Å². The number of hydrogen-bond donors (Lipinski definition) is 0. The highest BCUT2D eigenvalue weighted by Crippen LogP contribution is 2.02. The summed E-state index contributed by atoms with van der Waals surface area (Å²) in [6.07, 6.45) is 0. The Balaban J connectivity index is 2.88. The zero-order valence-corrected chi connectivity index (χ0v) is 9.08.